The first-order valence-corrected chi connectivity index (χ1v) is 3.11. The number of aliphatic hydroxyl groups is 1. The Morgan fingerprint density at radius 3 is 3.10 bits per heavy atom. The van der Waals surface area contributed by atoms with Crippen molar-refractivity contribution in [3.63, 3.8) is 0 Å². The molecule has 0 aliphatic carbocycles. The summed E-state index contributed by atoms with van der Waals surface area (Å²) in [6, 6.07) is 1.77. The molecule has 10 heavy (non-hydrogen) atoms. The highest BCUT2D eigenvalue weighted by molar-refractivity contribution is 5.30. The fourth-order valence-electron chi connectivity index (χ4n) is 0.626. The lowest BCUT2D eigenvalue weighted by Gasteiger charge is -1.94. The maximum Gasteiger partial charge on any atom is 0.224 e. The molecule has 2 N–H and O–H groups in total. The van der Waals surface area contributed by atoms with Gasteiger partial charge in [0.05, 0.1) is 12.3 Å². The zero-order chi connectivity index (χ0) is 7.40. The molecule has 1 rings (SSSR count). The number of rotatable bonds is 3. The summed E-state index contributed by atoms with van der Waals surface area (Å²) in [5.41, 5.74) is 0.834. The van der Waals surface area contributed by atoms with Gasteiger partial charge in [-0.25, -0.2) is 0 Å². The smallest absolute Gasteiger partial charge is 0.224 e. The summed E-state index contributed by atoms with van der Waals surface area (Å²) in [6.45, 7) is 2.43. The molecule has 1 aromatic rings. The predicted molar refractivity (Wildman–Crippen MR) is 36.8 cm³/mol. The van der Waals surface area contributed by atoms with E-state index in [1.165, 1.54) is 0 Å². The summed E-state index contributed by atoms with van der Waals surface area (Å²) in [7, 11) is 0. The third-order valence-electron chi connectivity index (χ3n) is 1.04. The number of nitrogens with one attached hydrogen (secondary N) is 1. The largest absolute Gasteiger partial charge is 0.395 e. The van der Waals surface area contributed by atoms with Gasteiger partial charge in [0, 0.05) is 12.6 Å². The van der Waals surface area contributed by atoms with E-state index in [1.807, 2.05) is 6.92 Å². The minimum atomic E-state index is 0.0970. The van der Waals surface area contributed by atoms with E-state index in [4.69, 9.17) is 9.63 Å². The zero-order valence-electron chi connectivity index (χ0n) is 5.79. The summed E-state index contributed by atoms with van der Waals surface area (Å²) >= 11 is 0. The molecule has 0 aromatic carbocycles. The number of nitrogens with zero attached hydrogens (tertiary/aromatic N) is 1. The third kappa shape index (κ3) is 1.73. The molecule has 1 aromatic heterocycles. The van der Waals surface area contributed by atoms with Crippen LogP contribution < -0.4 is 5.32 Å². The molecule has 56 valence electrons. The van der Waals surface area contributed by atoms with E-state index in [0.717, 1.165) is 5.69 Å². The Morgan fingerprint density at radius 2 is 2.60 bits per heavy atom. The Hall–Kier alpha value is -1.03. The topological polar surface area (TPSA) is 58.3 Å². The zero-order valence-corrected chi connectivity index (χ0v) is 5.79. The molecule has 0 bridgehead atoms. The normalized spacial score (nSPS) is 9.80. The average Bonchev–Trinajstić information content (AvgIpc) is 2.31. The lowest BCUT2D eigenvalue weighted by molar-refractivity contribution is 0.308. The first kappa shape index (κ1) is 7.08. The lowest BCUT2D eigenvalue weighted by atomic mass is 10.5. The summed E-state index contributed by atoms with van der Waals surface area (Å²) in [5, 5.41) is 14.9. The molecule has 0 aliphatic rings. The molecule has 4 heteroatoms. The average molecular weight is 142 g/mol. The van der Waals surface area contributed by atoms with E-state index < -0.39 is 0 Å². The van der Waals surface area contributed by atoms with E-state index in [9.17, 15) is 0 Å². The third-order valence-corrected chi connectivity index (χ3v) is 1.04. The van der Waals surface area contributed by atoms with Crippen LogP contribution >= 0.6 is 0 Å². The van der Waals surface area contributed by atoms with Crippen LogP contribution in [0.15, 0.2) is 10.6 Å². The fourth-order valence-corrected chi connectivity index (χ4v) is 0.626. The molecule has 0 fully saturated rings. The van der Waals surface area contributed by atoms with Gasteiger partial charge in [-0.15, -0.1) is 0 Å². The molecule has 0 spiro atoms. The Morgan fingerprint density at radius 1 is 1.80 bits per heavy atom. The van der Waals surface area contributed by atoms with Crippen LogP contribution in [0.3, 0.4) is 0 Å². The summed E-state index contributed by atoms with van der Waals surface area (Å²) in [4.78, 5) is 0. The van der Waals surface area contributed by atoms with E-state index in [-0.39, 0.29) is 6.61 Å². The van der Waals surface area contributed by atoms with Crippen LogP contribution in [0.2, 0.25) is 0 Å². The highest BCUT2D eigenvalue weighted by atomic mass is 16.5. The highest BCUT2D eigenvalue weighted by Gasteiger charge is 1.96. The van der Waals surface area contributed by atoms with Gasteiger partial charge in [-0.05, 0) is 6.92 Å². The fraction of sp³-hybridized carbons (Fsp3) is 0.500. The van der Waals surface area contributed by atoms with Gasteiger partial charge in [-0.3, -0.25) is 0 Å². The van der Waals surface area contributed by atoms with Crippen LogP contribution in [-0.2, 0) is 0 Å². The van der Waals surface area contributed by atoms with Gasteiger partial charge in [-0.1, -0.05) is 5.16 Å². The van der Waals surface area contributed by atoms with Gasteiger partial charge in [-0.2, -0.15) is 0 Å². The highest BCUT2D eigenvalue weighted by Crippen LogP contribution is 2.06. The number of anilines is 1. The number of aryl methyl sites for hydroxylation is 1. The van der Waals surface area contributed by atoms with Crippen LogP contribution in [0.4, 0.5) is 5.88 Å². The molecule has 0 atom stereocenters. The van der Waals surface area contributed by atoms with Crippen LogP contribution in [0.5, 0.6) is 0 Å². The number of hydrogen-bond acceptors (Lipinski definition) is 4. The Labute approximate surface area is 58.8 Å². The second kappa shape index (κ2) is 3.22. The minimum absolute atomic E-state index is 0.0970. The number of aliphatic hydroxyl groups excluding tert-OH is 1. The Balaban J connectivity index is 2.42. The molecule has 0 unspecified atom stereocenters. The molecular formula is C6H10N2O2. The SMILES string of the molecule is Cc1cc(NCCO)on1. The molecule has 0 aliphatic heterocycles. The molecule has 0 saturated heterocycles. The predicted octanol–water partition coefficient (Wildman–Crippen LogP) is 0.387. The molecule has 1 heterocycles. The molecule has 0 saturated carbocycles. The molecule has 0 amide bonds. The van der Waals surface area contributed by atoms with E-state index in [2.05, 4.69) is 10.5 Å². The number of hydrogen-bond donors (Lipinski definition) is 2. The lowest BCUT2D eigenvalue weighted by Crippen LogP contribution is -2.03. The number of aromatic nitrogens is 1. The first-order chi connectivity index (χ1) is 4.83. The second-order valence-corrected chi connectivity index (χ2v) is 1.98. The van der Waals surface area contributed by atoms with Crippen LogP contribution in [-0.4, -0.2) is 23.4 Å². The molecule has 4 nitrogen and oxygen atoms in total. The van der Waals surface area contributed by atoms with Gasteiger partial charge >= 0.3 is 0 Å². The van der Waals surface area contributed by atoms with Gasteiger partial charge in [0.25, 0.3) is 0 Å². The summed E-state index contributed by atoms with van der Waals surface area (Å²) in [6.07, 6.45) is 0. The van der Waals surface area contributed by atoms with Crippen molar-refractivity contribution in [3.05, 3.63) is 11.8 Å². The van der Waals surface area contributed by atoms with Crippen molar-refractivity contribution in [1.29, 1.82) is 0 Å². The first-order valence-electron chi connectivity index (χ1n) is 3.11. The van der Waals surface area contributed by atoms with Crippen molar-refractivity contribution in [3.8, 4) is 0 Å². The van der Waals surface area contributed by atoms with Crippen LogP contribution in [0.1, 0.15) is 5.69 Å². The van der Waals surface area contributed by atoms with Gasteiger partial charge < -0.3 is 14.9 Å². The Bertz CT molecular complexity index is 197. The van der Waals surface area contributed by atoms with Crippen molar-refractivity contribution in [2.24, 2.45) is 0 Å². The van der Waals surface area contributed by atoms with Crippen molar-refractivity contribution < 1.29 is 9.63 Å². The van der Waals surface area contributed by atoms with Crippen molar-refractivity contribution in [1.82, 2.24) is 5.16 Å². The van der Waals surface area contributed by atoms with Gasteiger partial charge in [0.15, 0.2) is 0 Å². The van der Waals surface area contributed by atoms with Crippen molar-refractivity contribution in [2.75, 3.05) is 18.5 Å². The molecular weight excluding hydrogens is 132 g/mol. The van der Waals surface area contributed by atoms with Crippen LogP contribution in [0, 0.1) is 6.92 Å². The monoisotopic (exact) mass is 142 g/mol. The van der Waals surface area contributed by atoms with E-state index >= 15 is 0 Å². The van der Waals surface area contributed by atoms with Crippen LogP contribution in [0.25, 0.3) is 0 Å². The Kier molecular flexibility index (Phi) is 2.28. The van der Waals surface area contributed by atoms with Crippen molar-refractivity contribution in [2.45, 2.75) is 6.92 Å². The second-order valence-electron chi connectivity index (χ2n) is 1.98. The minimum Gasteiger partial charge on any atom is -0.395 e. The standard InChI is InChI=1S/C6H10N2O2/c1-5-4-6(10-8-5)7-2-3-9/h4,7,9H,2-3H2,1H3. The summed E-state index contributed by atoms with van der Waals surface area (Å²) < 4.78 is 4.79. The van der Waals surface area contributed by atoms with Gasteiger partial charge in [0.2, 0.25) is 5.88 Å². The maximum absolute atomic E-state index is 8.41. The molecule has 0 radical (unpaired) electrons. The van der Waals surface area contributed by atoms with Gasteiger partial charge in [0.1, 0.15) is 0 Å². The van der Waals surface area contributed by atoms with E-state index in [1.54, 1.807) is 6.07 Å². The summed E-state index contributed by atoms with van der Waals surface area (Å²) in [5.74, 6) is 0.603. The van der Waals surface area contributed by atoms with Crippen molar-refractivity contribution >= 4 is 5.88 Å². The van der Waals surface area contributed by atoms with E-state index in [0.29, 0.717) is 12.4 Å². The maximum atomic E-state index is 8.41. The quantitative estimate of drug-likeness (QED) is 0.640.